The molecule has 3 aromatic rings. The van der Waals surface area contributed by atoms with Crippen molar-refractivity contribution in [1.29, 1.82) is 0 Å². The first-order valence-electron chi connectivity index (χ1n) is 7.41. The van der Waals surface area contributed by atoms with Crippen molar-refractivity contribution in [3.05, 3.63) is 34.6 Å². The molecule has 0 unspecified atom stereocenters. The number of aryl methyl sites for hydroxylation is 1. The summed E-state index contributed by atoms with van der Waals surface area (Å²) < 4.78 is 2.69. The molecule has 0 radical (unpaired) electrons. The SMILES string of the molecule is CCCn1nnnc1CSc1nnc(Nc2cccc(Cl)c2C)s1. The van der Waals surface area contributed by atoms with Gasteiger partial charge in [0, 0.05) is 17.3 Å². The first-order valence-corrected chi connectivity index (χ1v) is 9.59. The number of anilines is 2. The number of nitrogens with zero attached hydrogens (tertiary/aromatic N) is 6. The fourth-order valence-electron chi connectivity index (χ4n) is 2.02. The highest BCUT2D eigenvalue weighted by molar-refractivity contribution is 8.00. The molecule has 0 aliphatic rings. The van der Waals surface area contributed by atoms with Crippen LogP contribution in [0.3, 0.4) is 0 Å². The van der Waals surface area contributed by atoms with Crippen LogP contribution in [-0.2, 0) is 12.3 Å². The van der Waals surface area contributed by atoms with E-state index in [2.05, 4.69) is 38.0 Å². The van der Waals surface area contributed by atoms with Crippen molar-refractivity contribution >= 4 is 45.5 Å². The molecule has 0 amide bonds. The summed E-state index contributed by atoms with van der Waals surface area (Å²) in [7, 11) is 0. The van der Waals surface area contributed by atoms with Gasteiger partial charge in [-0.1, -0.05) is 47.7 Å². The predicted octanol–water partition coefficient (Wildman–Crippen LogP) is 3.93. The van der Waals surface area contributed by atoms with Gasteiger partial charge in [-0.25, -0.2) is 4.68 Å². The van der Waals surface area contributed by atoms with Gasteiger partial charge >= 0.3 is 0 Å². The van der Waals surface area contributed by atoms with E-state index >= 15 is 0 Å². The van der Waals surface area contributed by atoms with Gasteiger partial charge in [0.2, 0.25) is 5.13 Å². The summed E-state index contributed by atoms with van der Waals surface area (Å²) in [6.07, 6.45) is 0.995. The lowest BCUT2D eigenvalue weighted by Crippen LogP contribution is -2.04. The largest absolute Gasteiger partial charge is 0.330 e. The van der Waals surface area contributed by atoms with E-state index < -0.39 is 0 Å². The molecule has 1 N–H and O–H groups in total. The van der Waals surface area contributed by atoms with Crippen LogP contribution in [0.25, 0.3) is 0 Å². The molecule has 0 fully saturated rings. The quantitative estimate of drug-likeness (QED) is 0.621. The molecule has 24 heavy (non-hydrogen) atoms. The first-order chi connectivity index (χ1) is 11.7. The van der Waals surface area contributed by atoms with E-state index in [9.17, 15) is 0 Å². The number of hydrogen-bond donors (Lipinski definition) is 1. The molecule has 126 valence electrons. The summed E-state index contributed by atoms with van der Waals surface area (Å²) in [5, 5.41) is 24.8. The maximum Gasteiger partial charge on any atom is 0.210 e. The number of halogens is 1. The Bertz CT molecular complexity index is 817. The third kappa shape index (κ3) is 4.03. The van der Waals surface area contributed by atoms with E-state index in [4.69, 9.17) is 11.6 Å². The summed E-state index contributed by atoms with van der Waals surface area (Å²) in [5.41, 5.74) is 1.92. The van der Waals surface area contributed by atoms with Gasteiger partial charge in [0.05, 0.1) is 5.75 Å². The normalized spacial score (nSPS) is 11.0. The second-order valence-corrected chi connectivity index (χ2v) is 7.62. The van der Waals surface area contributed by atoms with E-state index in [0.717, 1.165) is 44.5 Å². The predicted molar refractivity (Wildman–Crippen MR) is 97.0 cm³/mol. The van der Waals surface area contributed by atoms with Gasteiger partial charge < -0.3 is 5.32 Å². The maximum atomic E-state index is 6.13. The zero-order chi connectivity index (χ0) is 16.9. The van der Waals surface area contributed by atoms with E-state index in [-0.39, 0.29) is 0 Å². The van der Waals surface area contributed by atoms with E-state index in [1.165, 1.54) is 11.3 Å². The van der Waals surface area contributed by atoms with Crippen molar-refractivity contribution in [3.63, 3.8) is 0 Å². The molecule has 0 atom stereocenters. The number of hydrogen-bond acceptors (Lipinski definition) is 8. The Morgan fingerprint density at radius 2 is 2.17 bits per heavy atom. The minimum Gasteiger partial charge on any atom is -0.330 e. The molecule has 3 rings (SSSR count). The van der Waals surface area contributed by atoms with Crippen LogP contribution in [0.2, 0.25) is 5.02 Å². The number of tetrazole rings is 1. The smallest absolute Gasteiger partial charge is 0.210 e. The molecule has 0 spiro atoms. The molecule has 0 saturated heterocycles. The third-order valence-electron chi connectivity index (χ3n) is 3.28. The average molecular weight is 382 g/mol. The number of rotatable bonds is 7. The molecule has 2 heterocycles. The van der Waals surface area contributed by atoms with E-state index in [1.54, 1.807) is 11.8 Å². The summed E-state index contributed by atoms with van der Waals surface area (Å²) in [6, 6.07) is 5.74. The van der Waals surface area contributed by atoms with Crippen molar-refractivity contribution in [2.75, 3.05) is 5.32 Å². The lowest BCUT2D eigenvalue weighted by Gasteiger charge is -2.06. The van der Waals surface area contributed by atoms with Crippen LogP contribution in [0.1, 0.15) is 24.7 Å². The Balaban J connectivity index is 1.63. The molecule has 10 heteroatoms. The van der Waals surface area contributed by atoms with Gasteiger partial charge in [-0.3, -0.25) is 0 Å². The highest BCUT2D eigenvalue weighted by Crippen LogP contribution is 2.31. The topological polar surface area (TPSA) is 81.4 Å². The molecular weight excluding hydrogens is 366 g/mol. The van der Waals surface area contributed by atoms with Gasteiger partial charge in [0.15, 0.2) is 10.2 Å². The highest BCUT2D eigenvalue weighted by atomic mass is 35.5. The standard InChI is InChI=1S/C14H16ClN7S2/c1-3-7-22-12(17-20-21-22)8-23-14-19-18-13(24-14)16-11-6-4-5-10(15)9(11)2/h4-6H,3,7-8H2,1-2H3,(H,16,18). The van der Waals surface area contributed by atoms with Gasteiger partial charge in [-0.05, 0) is 41.5 Å². The van der Waals surface area contributed by atoms with Crippen LogP contribution in [-0.4, -0.2) is 30.4 Å². The molecule has 0 aliphatic carbocycles. The number of thioether (sulfide) groups is 1. The van der Waals surface area contributed by atoms with Crippen LogP contribution < -0.4 is 5.32 Å². The summed E-state index contributed by atoms with van der Waals surface area (Å²) >= 11 is 9.20. The number of aromatic nitrogens is 6. The van der Waals surface area contributed by atoms with Crippen LogP contribution in [0.15, 0.2) is 22.5 Å². The Morgan fingerprint density at radius 3 is 3.00 bits per heavy atom. The average Bonchev–Trinajstić information content (AvgIpc) is 3.20. The molecule has 0 aliphatic heterocycles. The van der Waals surface area contributed by atoms with Crippen LogP contribution >= 0.6 is 34.7 Å². The zero-order valence-corrected chi connectivity index (χ0v) is 15.6. The maximum absolute atomic E-state index is 6.13. The van der Waals surface area contributed by atoms with Gasteiger partial charge in [0.1, 0.15) is 0 Å². The van der Waals surface area contributed by atoms with Crippen LogP contribution in [0, 0.1) is 6.92 Å². The van der Waals surface area contributed by atoms with Crippen molar-refractivity contribution in [2.45, 2.75) is 36.9 Å². The molecule has 1 aromatic carbocycles. The second kappa shape index (κ2) is 7.91. The van der Waals surface area contributed by atoms with Gasteiger partial charge in [-0.15, -0.1) is 15.3 Å². The Kier molecular flexibility index (Phi) is 5.64. The molecular formula is C14H16ClN7S2. The van der Waals surface area contributed by atoms with Crippen molar-refractivity contribution in [2.24, 2.45) is 0 Å². The summed E-state index contributed by atoms with van der Waals surface area (Å²) in [6.45, 7) is 4.88. The van der Waals surface area contributed by atoms with E-state index in [1.807, 2.05) is 29.8 Å². The minimum atomic E-state index is 0.665. The van der Waals surface area contributed by atoms with Crippen molar-refractivity contribution < 1.29 is 0 Å². The fraction of sp³-hybridized carbons (Fsp3) is 0.357. The lowest BCUT2D eigenvalue weighted by molar-refractivity contribution is 0.564. The lowest BCUT2D eigenvalue weighted by atomic mass is 10.2. The Morgan fingerprint density at radius 1 is 1.29 bits per heavy atom. The fourth-order valence-corrected chi connectivity index (χ4v) is 3.89. The van der Waals surface area contributed by atoms with Crippen molar-refractivity contribution in [3.8, 4) is 0 Å². The monoisotopic (exact) mass is 381 g/mol. The van der Waals surface area contributed by atoms with Gasteiger partial charge in [0.25, 0.3) is 0 Å². The van der Waals surface area contributed by atoms with E-state index in [0.29, 0.717) is 5.75 Å². The Labute approximate surface area is 152 Å². The van der Waals surface area contributed by atoms with Crippen LogP contribution in [0.4, 0.5) is 10.8 Å². The number of nitrogens with one attached hydrogen (secondary N) is 1. The number of benzene rings is 1. The summed E-state index contributed by atoms with van der Waals surface area (Å²) in [4.78, 5) is 0. The molecule has 0 saturated carbocycles. The zero-order valence-electron chi connectivity index (χ0n) is 13.2. The molecule has 2 aromatic heterocycles. The highest BCUT2D eigenvalue weighted by Gasteiger charge is 2.11. The third-order valence-corrected chi connectivity index (χ3v) is 5.66. The second-order valence-electron chi connectivity index (χ2n) is 5.02. The summed E-state index contributed by atoms with van der Waals surface area (Å²) in [5.74, 6) is 1.51. The molecule has 0 bridgehead atoms. The minimum absolute atomic E-state index is 0.665. The Hall–Kier alpha value is -1.71. The van der Waals surface area contributed by atoms with Gasteiger partial charge in [-0.2, -0.15) is 0 Å². The van der Waals surface area contributed by atoms with Crippen molar-refractivity contribution in [1.82, 2.24) is 30.4 Å². The van der Waals surface area contributed by atoms with Crippen LogP contribution in [0.5, 0.6) is 0 Å². The first kappa shape index (κ1) is 17.1. The molecule has 7 nitrogen and oxygen atoms in total.